The maximum atomic E-state index is 12.7. The van der Waals surface area contributed by atoms with E-state index in [0.717, 1.165) is 18.4 Å². The van der Waals surface area contributed by atoms with Gasteiger partial charge in [-0.1, -0.05) is 58.2 Å². The number of anilines is 1. The molecule has 3 heterocycles. The lowest BCUT2D eigenvalue weighted by atomic mass is 10.1. The van der Waals surface area contributed by atoms with Gasteiger partial charge in [0.2, 0.25) is 5.76 Å². The lowest BCUT2D eigenvalue weighted by molar-refractivity contribution is -0.140. The highest BCUT2D eigenvalue weighted by Crippen LogP contribution is 2.51. The number of carbonyl (C=O) groups excluding carboxylic acids is 1. The minimum atomic E-state index is -0.844. The molecular weight excluding hydrogens is 500 g/mol. The summed E-state index contributed by atoms with van der Waals surface area (Å²) in [7, 11) is 0. The molecule has 36 heavy (non-hydrogen) atoms. The van der Waals surface area contributed by atoms with Crippen LogP contribution in [0.15, 0.2) is 34.9 Å². The number of carboxylic acids is 1. The summed E-state index contributed by atoms with van der Waals surface area (Å²) in [5.41, 5.74) is 1.13. The van der Waals surface area contributed by atoms with Crippen LogP contribution in [-0.2, 0) is 14.9 Å². The fraction of sp³-hybridized carbons (Fsp3) is 0.320. The fourth-order valence-electron chi connectivity index (χ4n) is 3.88. The van der Waals surface area contributed by atoms with Crippen LogP contribution in [-0.4, -0.2) is 32.3 Å². The van der Waals surface area contributed by atoms with Gasteiger partial charge in [0.25, 0.3) is 0 Å². The molecule has 3 aromatic heterocycles. The Hall–Kier alpha value is -3.75. The van der Waals surface area contributed by atoms with Gasteiger partial charge in [-0.3, -0.25) is 10.1 Å². The second-order valence-electron chi connectivity index (χ2n) is 8.92. The Kier molecular flexibility index (Phi) is 5.50. The third kappa shape index (κ3) is 4.23. The van der Waals surface area contributed by atoms with E-state index in [9.17, 15) is 14.7 Å². The van der Waals surface area contributed by atoms with Crippen LogP contribution in [0.25, 0.3) is 9.66 Å². The molecule has 0 aliphatic heterocycles. The summed E-state index contributed by atoms with van der Waals surface area (Å²) in [4.78, 5) is 34.6. The Morgan fingerprint density at radius 2 is 1.92 bits per heavy atom. The topological polar surface area (TPSA) is 127 Å². The van der Waals surface area contributed by atoms with E-state index in [4.69, 9.17) is 9.26 Å². The van der Waals surface area contributed by atoms with Gasteiger partial charge in [-0.25, -0.2) is 14.8 Å². The van der Waals surface area contributed by atoms with Crippen molar-refractivity contribution in [3.05, 3.63) is 57.4 Å². The van der Waals surface area contributed by atoms with E-state index in [1.54, 1.807) is 6.92 Å². The van der Waals surface area contributed by atoms with E-state index < -0.39 is 23.6 Å². The predicted octanol–water partition coefficient (Wildman–Crippen LogP) is 5.44. The van der Waals surface area contributed by atoms with Crippen molar-refractivity contribution in [2.45, 2.75) is 50.0 Å². The lowest BCUT2D eigenvalue weighted by Crippen LogP contribution is -2.18. The summed E-state index contributed by atoms with van der Waals surface area (Å²) in [6.07, 6.45) is 2.11. The largest absolute Gasteiger partial charge is 0.481 e. The molecule has 1 aromatic carbocycles. The van der Waals surface area contributed by atoms with Crippen molar-refractivity contribution < 1.29 is 24.0 Å². The smallest absolute Gasteiger partial charge is 0.412 e. The van der Waals surface area contributed by atoms with Gasteiger partial charge in [0.05, 0.1) is 0 Å². The molecule has 2 saturated carbocycles. The second-order valence-corrected chi connectivity index (χ2v) is 10.9. The van der Waals surface area contributed by atoms with Gasteiger partial charge >= 0.3 is 12.1 Å². The van der Waals surface area contributed by atoms with Gasteiger partial charge < -0.3 is 14.4 Å². The van der Waals surface area contributed by atoms with Crippen LogP contribution in [0.2, 0.25) is 0 Å². The maximum Gasteiger partial charge on any atom is 0.412 e. The number of benzene rings is 1. The van der Waals surface area contributed by atoms with Crippen molar-refractivity contribution in [2.24, 2.45) is 0 Å². The molecule has 0 bridgehead atoms. The van der Waals surface area contributed by atoms with Gasteiger partial charge in [0.15, 0.2) is 14.7 Å². The Balaban J connectivity index is 1.21. The molecule has 182 valence electrons. The standard InChI is InChI=1S/C25H20N4O5S2/c1-13(14-5-3-2-4-6-14)33-24(32)27-19-16(34-29-18(19)15-7-8-15)9-10-17-26-20-21(35-17)28-22(36-20)25(11-12-25)23(30)31/h2-6,13,15H,7-8,11-12H2,1H3,(H,27,32)(H,30,31). The number of carboxylic acid groups (broad SMARTS) is 1. The first-order valence-corrected chi connectivity index (χ1v) is 13.1. The molecule has 1 atom stereocenters. The molecule has 2 fully saturated rings. The molecule has 11 heteroatoms. The van der Waals surface area contributed by atoms with Crippen LogP contribution < -0.4 is 5.32 Å². The van der Waals surface area contributed by atoms with E-state index in [1.165, 1.54) is 22.7 Å². The van der Waals surface area contributed by atoms with Crippen molar-refractivity contribution >= 4 is 50.1 Å². The highest BCUT2D eigenvalue weighted by molar-refractivity contribution is 7.26. The number of rotatable bonds is 6. The van der Waals surface area contributed by atoms with Gasteiger partial charge in [0.1, 0.15) is 27.9 Å². The van der Waals surface area contributed by atoms with Crippen LogP contribution in [0.5, 0.6) is 0 Å². The molecule has 4 aromatic rings. The van der Waals surface area contributed by atoms with Gasteiger partial charge in [-0.15, -0.1) is 0 Å². The number of hydrogen-bond donors (Lipinski definition) is 2. The zero-order valence-corrected chi connectivity index (χ0v) is 20.7. The zero-order chi connectivity index (χ0) is 24.9. The van der Waals surface area contributed by atoms with E-state index in [0.29, 0.717) is 43.9 Å². The normalized spacial score (nSPS) is 16.7. The summed E-state index contributed by atoms with van der Waals surface area (Å²) in [6, 6.07) is 9.48. The molecule has 6 rings (SSSR count). The summed E-state index contributed by atoms with van der Waals surface area (Å²) >= 11 is 2.59. The van der Waals surface area contributed by atoms with Crippen LogP contribution in [0.1, 0.15) is 71.7 Å². The molecule has 2 aliphatic rings. The van der Waals surface area contributed by atoms with Crippen molar-refractivity contribution in [3.8, 4) is 11.8 Å². The highest BCUT2D eigenvalue weighted by atomic mass is 32.1. The van der Waals surface area contributed by atoms with E-state index in [2.05, 4.69) is 32.3 Å². The number of amides is 1. The summed E-state index contributed by atoms with van der Waals surface area (Å²) < 4.78 is 11.0. The molecule has 1 unspecified atom stereocenters. The molecule has 9 nitrogen and oxygen atoms in total. The molecule has 0 saturated heterocycles. The third-order valence-electron chi connectivity index (χ3n) is 6.29. The van der Waals surface area contributed by atoms with Gasteiger partial charge in [-0.2, -0.15) is 0 Å². The minimum Gasteiger partial charge on any atom is -0.481 e. The monoisotopic (exact) mass is 520 g/mol. The number of nitrogens with one attached hydrogen (secondary N) is 1. The van der Waals surface area contributed by atoms with E-state index in [1.807, 2.05) is 30.3 Å². The number of aliphatic carboxylic acids is 1. The Labute approximate surface area is 213 Å². The molecular formula is C25H20N4O5S2. The summed E-state index contributed by atoms with van der Waals surface area (Å²) in [5, 5.41) is 17.5. The van der Waals surface area contributed by atoms with Crippen molar-refractivity contribution in [1.29, 1.82) is 0 Å². The van der Waals surface area contributed by atoms with Crippen molar-refractivity contribution in [1.82, 2.24) is 15.1 Å². The number of fused-ring (bicyclic) bond motifs is 1. The average molecular weight is 521 g/mol. The van der Waals surface area contributed by atoms with E-state index >= 15 is 0 Å². The van der Waals surface area contributed by atoms with Gasteiger partial charge in [0, 0.05) is 5.92 Å². The first-order chi connectivity index (χ1) is 17.4. The Morgan fingerprint density at radius 3 is 2.58 bits per heavy atom. The molecule has 1 amide bonds. The first kappa shape index (κ1) is 22.7. The van der Waals surface area contributed by atoms with Crippen LogP contribution in [0.3, 0.4) is 0 Å². The number of ether oxygens (including phenoxy) is 1. The average Bonchev–Trinajstić information content (AvgIpc) is 3.76. The second kappa shape index (κ2) is 8.72. The third-order valence-corrected chi connectivity index (χ3v) is 8.44. The zero-order valence-electron chi connectivity index (χ0n) is 19.1. The number of carbonyl (C=O) groups is 2. The number of thiazole rings is 2. The first-order valence-electron chi connectivity index (χ1n) is 11.5. The summed E-state index contributed by atoms with van der Waals surface area (Å²) in [6.45, 7) is 1.81. The Morgan fingerprint density at radius 1 is 1.17 bits per heavy atom. The summed E-state index contributed by atoms with van der Waals surface area (Å²) in [5.74, 6) is 5.52. The fourth-order valence-corrected chi connectivity index (χ4v) is 6.02. The predicted molar refractivity (Wildman–Crippen MR) is 133 cm³/mol. The number of nitrogens with zero attached hydrogens (tertiary/aromatic N) is 3. The highest BCUT2D eigenvalue weighted by Gasteiger charge is 2.54. The molecule has 2 N–H and O–H groups in total. The van der Waals surface area contributed by atoms with Crippen LogP contribution >= 0.6 is 22.7 Å². The molecule has 0 spiro atoms. The minimum absolute atomic E-state index is 0.225. The maximum absolute atomic E-state index is 12.7. The number of hydrogen-bond acceptors (Lipinski definition) is 9. The van der Waals surface area contributed by atoms with Crippen molar-refractivity contribution in [2.75, 3.05) is 5.32 Å². The Bertz CT molecular complexity index is 1510. The number of aromatic nitrogens is 3. The van der Waals surface area contributed by atoms with Crippen molar-refractivity contribution in [3.63, 3.8) is 0 Å². The molecule has 2 aliphatic carbocycles. The SMILES string of the molecule is CC(OC(=O)Nc1c(C2CC2)noc1C#Cc1nc2sc(C3(C(=O)O)CC3)nc2s1)c1ccccc1. The quantitative estimate of drug-likeness (QED) is 0.322. The van der Waals surface area contributed by atoms with Crippen LogP contribution in [0.4, 0.5) is 10.5 Å². The van der Waals surface area contributed by atoms with Gasteiger partial charge in [-0.05, 0) is 50.0 Å². The lowest BCUT2D eigenvalue weighted by Gasteiger charge is -2.14. The molecule has 0 radical (unpaired) electrons. The van der Waals surface area contributed by atoms with E-state index in [-0.39, 0.29) is 11.7 Å². The van der Waals surface area contributed by atoms with Crippen LogP contribution in [0, 0.1) is 11.8 Å².